The number of rotatable bonds is 9. The standard InChI is InChI=1S/C26H32N6/c1-30(15-21-5-3-2-4-6-21)16-23-9-11-31(17-23)12-10-24-14-28-26-8-7-22(13-25(24)26)18-32-20-27-19-29-32/h2-8,13-14,19-20,23,28H,9-12,15-18H2,1H3/t23-/m0/s1. The summed E-state index contributed by atoms with van der Waals surface area (Å²) >= 11 is 0. The first-order valence-corrected chi connectivity index (χ1v) is 11.6. The molecule has 2 aromatic heterocycles. The molecule has 3 heterocycles. The minimum atomic E-state index is 0.755. The van der Waals surface area contributed by atoms with Gasteiger partial charge in [-0.15, -0.1) is 0 Å². The van der Waals surface area contributed by atoms with Crippen molar-refractivity contribution in [2.75, 3.05) is 33.2 Å². The maximum atomic E-state index is 4.23. The van der Waals surface area contributed by atoms with Crippen LogP contribution in [0.25, 0.3) is 10.9 Å². The van der Waals surface area contributed by atoms with Crippen LogP contribution in [0, 0.1) is 5.92 Å². The van der Waals surface area contributed by atoms with Gasteiger partial charge in [0.25, 0.3) is 0 Å². The second-order valence-electron chi connectivity index (χ2n) is 9.17. The molecule has 0 spiro atoms. The van der Waals surface area contributed by atoms with Crippen molar-refractivity contribution in [2.24, 2.45) is 5.92 Å². The SMILES string of the molecule is CN(Cc1ccccc1)C[C@@H]1CCN(CCc2c[nH]c3ccc(Cn4cncn4)cc23)C1. The highest BCUT2D eigenvalue weighted by molar-refractivity contribution is 5.83. The Kier molecular flexibility index (Phi) is 6.32. The zero-order valence-corrected chi connectivity index (χ0v) is 18.8. The first-order chi connectivity index (χ1) is 15.7. The highest BCUT2D eigenvalue weighted by Crippen LogP contribution is 2.23. The molecule has 1 saturated heterocycles. The van der Waals surface area contributed by atoms with Gasteiger partial charge in [-0.3, -0.25) is 0 Å². The molecule has 32 heavy (non-hydrogen) atoms. The van der Waals surface area contributed by atoms with E-state index in [9.17, 15) is 0 Å². The van der Waals surface area contributed by atoms with Crippen molar-refractivity contribution in [1.82, 2.24) is 29.5 Å². The van der Waals surface area contributed by atoms with E-state index in [1.165, 1.54) is 53.6 Å². The molecule has 0 radical (unpaired) electrons. The van der Waals surface area contributed by atoms with Gasteiger partial charge in [-0.2, -0.15) is 5.10 Å². The first-order valence-electron chi connectivity index (χ1n) is 11.6. The van der Waals surface area contributed by atoms with Crippen LogP contribution in [0.3, 0.4) is 0 Å². The monoisotopic (exact) mass is 428 g/mol. The predicted octanol–water partition coefficient (Wildman–Crippen LogP) is 3.80. The number of aromatic amines is 1. The third-order valence-electron chi connectivity index (χ3n) is 6.58. The quantitative estimate of drug-likeness (QED) is 0.441. The normalized spacial score (nSPS) is 17.0. The van der Waals surface area contributed by atoms with E-state index in [0.717, 1.165) is 32.0 Å². The summed E-state index contributed by atoms with van der Waals surface area (Å²) < 4.78 is 1.87. The van der Waals surface area contributed by atoms with Gasteiger partial charge in [0, 0.05) is 43.3 Å². The average Bonchev–Trinajstić information content (AvgIpc) is 3.55. The van der Waals surface area contributed by atoms with E-state index in [-0.39, 0.29) is 0 Å². The van der Waals surface area contributed by atoms with E-state index in [0.29, 0.717) is 0 Å². The van der Waals surface area contributed by atoms with Crippen molar-refractivity contribution < 1.29 is 0 Å². The van der Waals surface area contributed by atoms with Crippen molar-refractivity contribution in [3.05, 3.63) is 84.1 Å². The van der Waals surface area contributed by atoms with E-state index < -0.39 is 0 Å². The Labute approximate surface area is 189 Å². The van der Waals surface area contributed by atoms with Crippen LogP contribution in [0.5, 0.6) is 0 Å². The molecule has 6 nitrogen and oxygen atoms in total. The van der Waals surface area contributed by atoms with Gasteiger partial charge < -0.3 is 14.8 Å². The third kappa shape index (κ3) is 5.09. The molecule has 5 rings (SSSR count). The van der Waals surface area contributed by atoms with Gasteiger partial charge in [0.15, 0.2) is 0 Å². The zero-order valence-electron chi connectivity index (χ0n) is 18.8. The van der Waals surface area contributed by atoms with Crippen molar-refractivity contribution in [1.29, 1.82) is 0 Å². The summed E-state index contributed by atoms with van der Waals surface area (Å²) in [5.41, 5.74) is 5.27. The lowest BCUT2D eigenvalue weighted by molar-refractivity contribution is 0.258. The van der Waals surface area contributed by atoms with Crippen LogP contribution in [0.2, 0.25) is 0 Å². The Balaban J connectivity index is 1.14. The minimum absolute atomic E-state index is 0.755. The fraction of sp³-hybridized carbons (Fsp3) is 0.385. The number of nitrogens with zero attached hydrogens (tertiary/aromatic N) is 5. The molecule has 0 unspecified atom stereocenters. The predicted molar refractivity (Wildman–Crippen MR) is 128 cm³/mol. The van der Waals surface area contributed by atoms with Crippen LogP contribution in [-0.4, -0.2) is 62.8 Å². The summed E-state index contributed by atoms with van der Waals surface area (Å²) in [7, 11) is 2.25. The summed E-state index contributed by atoms with van der Waals surface area (Å²) in [5.74, 6) is 0.765. The van der Waals surface area contributed by atoms with E-state index in [2.05, 4.69) is 86.6 Å². The molecule has 4 aromatic rings. The molecule has 1 aliphatic rings. The number of likely N-dealkylation sites (tertiary alicyclic amines) is 1. The Hall–Kier alpha value is -2.96. The van der Waals surface area contributed by atoms with E-state index in [1.54, 1.807) is 12.7 Å². The highest BCUT2D eigenvalue weighted by atomic mass is 15.3. The molecule has 0 bridgehead atoms. The highest BCUT2D eigenvalue weighted by Gasteiger charge is 2.23. The fourth-order valence-corrected chi connectivity index (χ4v) is 4.98. The second kappa shape index (κ2) is 9.67. The molecular formula is C26H32N6. The summed E-state index contributed by atoms with van der Waals surface area (Å²) in [5, 5.41) is 5.56. The number of benzene rings is 2. The topological polar surface area (TPSA) is 53.0 Å². The van der Waals surface area contributed by atoms with Crippen molar-refractivity contribution in [2.45, 2.75) is 25.9 Å². The van der Waals surface area contributed by atoms with Gasteiger partial charge in [-0.05, 0) is 61.2 Å². The van der Waals surface area contributed by atoms with Crippen molar-refractivity contribution in [3.8, 4) is 0 Å². The number of fused-ring (bicyclic) bond motifs is 1. The average molecular weight is 429 g/mol. The number of aromatic nitrogens is 4. The Morgan fingerprint density at radius 2 is 2.03 bits per heavy atom. The van der Waals surface area contributed by atoms with E-state index >= 15 is 0 Å². The molecule has 0 aliphatic carbocycles. The molecule has 1 aliphatic heterocycles. The molecule has 0 saturated carbocycles. The Morgan fingerprint density at radius 3 is 2.88 bits per heavy atom. The van der Waals surface area contributed by atoms with Crippen LogP contribution in [0.1, 0.15) is 23.1 Å². The van der Waals surface area contributed by atoms with E-state index in [1.807, 2.05) is 4.68 Å². The molecule has 0 amide bonds. The molecule has 6 heteroatoms. The van der Waals surface area contributed by atoms with Gasteiger partial charge in [-0.25, -0.2) is 9.67 Å². The van der Waals surface area contributed by atoms with Gasteiger partial charge in [0.05, 0.1) is 6.54 Å². The lowest BCUT2D eigenvalue weighted by Crippen LogP contribution is -2.29. The maximum Gasteiger partial charge on any atom is 0.137 e. The number of hydrogen-bond donors (Lipinski definition) is 1. The molecular weight excluding hydrogens is 396 g/mol. The van der Waals surface area contributed by atoms with Crippen LogP contribution >= 0.6 is 0 Å². The van der Waals surface area contributed by atoms with Crippen LogP contribution < -0.4 is 0 Å². The second-order valence-corrected chi connectivity index (χ2v) is 9.17. The van der Waals surface area contributed by atoms with Crippen LogP contribution in [0.15, 0.2) is 67.4 Å². The fourth-order valence-electron chi connectivity index (χ4n) is 4.98. The Morgan fingerprint density at radius 1 is 1.12 bits per heavy atom. The van der Waals surface area contributed by atoms with Gasteiger partial charge in [0.2, 0.25) is 0 Å². The minimum Gasteiger partial charge on any atom is -0.361 e. The molecule has 1 atom stereocenters. The molecule has 2 aromatic carbocycles. The van der Waals surface area contributed by atoms with Crippen LogP contribution in [-0.2, 0) is 19.5 Å². The summed E-state index contributed by atoms with van der Waals surface area (Å²) in [6.07, 6.45) is 7.92. The van der Waals surface area contributed by atoms with Crippen LogP contribution in [0.4, 0.5) is 0 Å². The van der Waals surface area contributed by atoms with Crippen molar-refractivity contribution in [3.63, 3.8) is 0 Å². The largest absolute Gasteiger partial charge is 0.361 e. The van der Waals surface area contributed by atoms with E-state index in [4.69, 9.17) is 0 Å². The first kappa shape index (κ1) is 20.9. The number of H-pyrrole nitrogens is 1. The summed E-state index contributed by atoms with van der Waals surface area (Å²) in [4.78, 5) is 12.6. The zero-order chi connectivity index (χ0) is 21.8. The number of hydrogen-bond acceptors (Lipinski definition) is 4. The number of nitrogens with one attached hydrogen (secondary N) is 1. The van der Waals surface area contributed by atoms with Gasteiger partial charge in [-0.1, -0.05) is 36.4 Å². The van der Waals surface area contributed by atoms with Crippen molar-refractivity contribution >= 4 is 10.9 Å². The molecule has 1 fully saturated rings. The van der Waals surface area contributed by atoms with Gasteiger partial charge in [0.1, 0.15) is 12.7 Å². The maximum absolute atomic E-state index is 4.23. The van der Waals surface area contributed by atoms with Gasteiger partial charge >= 0.3 is 0 Å². The lowest BCUT2D eigenvalue weighted by Gasteiger charge is -2.21. The summed E-state index contributed by atoms with van der Waals surface area (Å²) in [6.45, 7) is 6.50. The third-order valence-corrected chi connectivity index (χ3v) is 6.58. The Bertz CT molecular complexity index is 1120. The lowest BCUT2D eigenvalue weighted by atomic mass is 10.1. The smallest absolute Gasteiger partial charge is 0.137 e. The molecule has 166 valence electrons. The molecule has 1 N–H and O–H groups in total. The summed E-state index contributed by atoms with van der Waals surface area (Å²) in [6, 6.07) is 17.4.